The number of nitrogens with zero attached hydrogens (tertiary/aromatic N) is 2. The SMILES string of the molecule is CNC(c1ccccc1)c1nnc(-c2ccoc2Br)s1. The molecule has 0 saturated carbocycles. The zero-order valence-electron chi connectivity index (χ0n) is 10.7. The van der Waals surface area contributed by atoms with Gasteiger partial charge in [-0.25, -0.2) is 0 Å². The Morgan fingerprint density at radius 2 is 2.00 bits per heavy atom. The van der Waals surface area contributed by atoms with E-state index in [4.69, 9.17) is 4.42 Å². The van der Waals surface area contributed by atoms with E-state index in [0.717, 1.165) is 15.6 Å². The van der Waals surface area contributed by atoms with Crippen LogP contribution in [0.4, 0.5) is 0 Å². The lowest BCUT2D eigenvalue weighted by molar-refractivity contribution is 0.542. The molecule has 0 amide bonds. The van der Waals surface area contributed by atoms with Crippen molar-refractivity contribution in [1.29, 1.82) is 0 Å². The zero-order chi connectivity index (χ0) is 13.9. The van der Waals surface area contributed by atoms with Gasteiger partial charge in [0, 0.05) is 0 Å². The van der Waals surface area contributed by atoms with Crippen LogP contribution in [0, 0.1) is 0 Å². The van der Waals surface area contributed by atoms with Crippen LogP contribution in [-0.2, 0) is 0 Å². The lowest BCUT2D eigenvalue weighted by Crippen LogP contribution is -2.17. The van der Waals surface area contributed by atoms with Crippen molar-refractivity contribution in [2.24, 2.45) is 0 Å². The van der Waals surface area contributed by atoms with Crippen LogP contribution in [0.1, 0.15) is 16.6 Å². The van der Waals surface area contributed by atoms with Gasteiger partial charge >= 0.3 is 0 Å². The summed E-state index contributed by atoms with van der Waals surface area (Å²) < 4.78 is 5.92. The van der Waals surface area contributed by atoms with E-state index in [0.29, 0.717) is 4.67 Å². The van der Waals surface area contributed by atoms with Crippen LogP contribution in [0.5, 0.6) is 0 Å². The summed E-state index contributed by atoms with van der Waals surface area (Å²) in [6.45, 7) is 0. The molecule has 3 aromatic rings. The average molecular weight is 350 g/mol. The first-order valence-corrected chi connectivity index (χ1v) is 7.69. The van der Waals surface area contributed by atoms with Crippen molar-refractivity contribution in [3.63, 3.8) is 0 Å². The van der Waals surface area contributed by atoms with Crippen LogP contribution in [0.3, 0.4) is 0 Å². The summed E-state index contributed by atoms with van der Waals surface area (Å²) in [7, 11) is 1.92. The van der Waals surface area contributed by atoms with Gasteiger partial charge in [0.15, 0.2) is 9.68 Å². The summed E-state index contributed by atoms with van der Waals surface area (Å²) in [6.07, 6.45) is 1.63. The maximum Gasteiger partial charge on any atom is 0.179 e. The van der Waals surface area contributed by atoms with Crippen LogP contribution in [-0.4, -0.2) is 17.2 Å². The molecule has 3 rings (SSSR count). The Labute approximate surface area is 129 Å². The first-order chi connectivity index (χ1) is 9.79. The second kappa shape index (κ2) is 5.87. The Morgan fingerprint density at radius 3 is 2.65 bits per heavy atom. The van der Waals surface area contributed by atoms with Gasteiger partial charge in [0.1, 0.15) is 5.01 Å². The molecule has 2 aromatic heterocycles. The number of hydrogen-bond donors (Lipinski definition) is 1. The van der Waals surface area contributed by atoms with Crippen LogP contribution in [0.15, 0.2) is 51.7 Å². The summed E-state index contributed by atoms with van der Waals surface area (Å²) in [4.78, 5) is 0. The number of furan rings is 1. The third-order valence-electron chi connectivity index (χ3n) is 2.96. The molecular formula is C14H12BrN3OS. The molecule has 1 N–H and O–H groups in total. The predicted octanol–water partition coefficient (Wildman–Crippen LogP) is 3.87. The monoisotopic (exact) mass is 349 g/mol. The van der Waals surface area contributed by atoms with Gasteiger partial charge < -0.3 is 9.73 Å². The minimum Gasteiger partial charge on any atom is -0.457 e. The highest BCUT2D eigenvalue weighted by atomic mass is 79.9. The van der Waals surface area contributed by atoms with Gasteiger partial charge in [0.25, 0.3) is 0 Å². The topological polar surface area (TPSA) is 51.0 Å². The molecule has 0 saturated heterocycles. The average Bonchev–Trinajstić information content (AvgIpc) is 3.10. The summed E-state index contributed by atoms with van der Waals surface area (Å²) >= 11 is 4.93. The molecule has 1 aromatic carbocycles. The molecule has 0 aliphatic carbocycles. The third-order valence-corrected chi connectivity index (χ3v) is 4.59. The molecule has 1 atom stereocenters. The molecule has 6 heteroatoms. The molecule has 2 heterocycles. The Balaban J connectivity index is 1.95. The molecule has 4 nitrogen and oxygen atoms in total. The van der Waals surface area contributed by atoms with Crippen molar-refractivity contribution in [2.75, 3.05) is 7.05 Å². The predicted molar refractivity (Wildman–Crippen MR) is 82.7 cm³/mol. The quantitative estimate of drug-likeness (QED) is 0.776. The van der Waals surface area contributed by atoms with Crippen LogP contribution in [0.25, 0.3) is 10.6 Å². The molecule has 0 spiro atoms. The molecule has 0 fully saturated rings. The standard InChI is InChI=1S/C14H12BrN3OS/c1-16-11(9-5-3-2-4-6-9)14-18-17-13(20-14)10-7-8-19-12(10)15/h2-8,11,16H,1H3. The molecule has 0 aliphatic rings. The van der Waals surface area contributed by atoms with Gasteiger partial charge in [0.2, 0.25) is 0 Å². The van der Waals surface area contributed by atoms with Crippen molar-refractivity contribution in [1.82, 2.24) is 15.5 Å². The van der Waals surface area contributed by atoms with Crippen LogP contribution in [0.2, 0.25) is 0 Å². The lowest BCUT2D eigenvalue weighted by atomic mass is 10.1. The van der Waals surface area contributed by atoms with Gasteiger partial charge in [-0.05, 0) is 34.6 Å². The number of aromatic nitrogens is 2. The number of rotatable bonds is 4. The van der Waals surface area contributed by atoms with Crippen molar-refractivity contribution in [3.8, 4) is 10.6 Å². The van der Waals surface area contributed by atoms with E-state index < -0.39 is 0 Å². The molecule has 0 aliphatic heterocycles. The minimum absolute atomic E-state index is 0.0492. The lowest BCUT2D eigenvalue weighted by Gasteiger charge is -2.12. The normalized spacial score (nSPS) is 12.5. The molecule has 1 unspecified atom stereocenters. The van der Waals surface area contributed by atoms with Crippen molar-refractivity contribution in [2.45, 2.75) is 6.04 Å². The van der Waals surface area contributed by atoms with E-state index in [1.165, 1.54) is 5.56 Å². The Kier molecular flexibility index (Phi) is 3.95. The van der Waals surface area contributed by atoms with E-state index in [2.05, 4.69) is 43.6 Å². The molecule has 0 radical (unpaired) electrons. The fourth-order valence-electron chi connectivity index (χ4n) is 1.98. The van der Waals surface area contributed by atoms with Crippen molar-refractivity contribution in [3.05, 3.63) is 57.9 Å². The first-order valence-electron chi connectivity index (χ1n) is 6.08. The van der Waals surface area contributed by atoms with Crippen molar-refractivity contribution >= 4 is 27.3 Å². The van der Waals surface area contributed by atoms with Crippen LogP contribution >= 0.6 is 27.3 Å². The fourth-order valence-corrected chi connectivity index (χ4v) is 3.55. The minimum atomic E-state index is 0.0492. The van der Waals surface area contributed by atoms with Gasteiger partial charge in [-0.1, -0.05) is 41.7 Å². The largest absolute Gasteiger partial charge is 0.457 e. The highest BCUT2D eigenvalue weighted by Crippen LogP contribution is 2.34. The summed E-state index contributed by atoms with van der Waals surface area (Å²) in [5.74, 6) is 0. The number of nitrogens with one attached hydrogen (secondary N) is 1. The summed E-state index contributed by atoms with van der Waals surface area (Å²) in [5, 5.41) is 13.6. The second-order valence-electron chi connectivity index (χ2n) is 4.19. The molecule has 20 heavy (non-hydrogen) atoms. The van der Waals surface area contributed by atoms with Crippen molar-refractivity contribution < 1.29 is 4.42 Å². The van der Waals surface area contributed by atoms with Gasteiger partial charge in [-0.15, -0.1) is 10.2 Å². The van der Waals surface area contributed by atoms with E-state index in [9.17, 15) is 0 Å². The molecule has 102 valence electrons. The Morgan fingerprint density at radius 1 is 1.20 bits per heavy atom. The van der Waals surface area contributed by atoms with E-state index in [1.807, 2.05) is 31.3 Å². The van der Waals surface area contributed by atoms with Gasteiger partial charge in [0.05, 0.1) is 17.9 Å². The number of benzene rings is 1. The number of hydrogen-bond acceptors (Lipinski definition) is 5. The fraction of sp³-hybridized carbons (Fsp3) is 0.143. The third kappa shape index (κ3) is 2.54. The highest BCUT2D eigenvalue weighted by Gasteiger charge is 2.19. The first kappa shape index (κ1) is 13.5. The highest BCUT2D eigenvalue weighted by molar-refractivity contribution is 9.10. The maximum absolute atomic E-state index is 5.24. The summed E-state index contributed by atoms with van der Waals surface area (Å²) in [5.41, 5.74) is 2.10. The Bertz CT molecular complexity index is 695. The molecular weight excluding hydrogens is 338 g/mol. The van der Waals surface area contributed by atoms with E-state index in [-0.39, 0.29) is 6.04 Å². The van der Waals surface area contributed by atoms with E-state index >= 15 is 0 Å². The summed E-state index contributed by atoms with van der Waals surface area (Å²) in [6, 6.07) is 12.1. The Hall–Kier alpha value is -1.50. The van der Waals surface area contributed by atoms with Gasteiger partial charge in [-0.2, -0.15) is 0 Å². The van der Waals surface area contributed by atoms with Crippen LogP contribution < -0.4 is 5.32 Å². The smallest absolute Gasteiger partial charge is 0.179 e. The zero-order valence-corrected chi connectivity index (χ0v) is 13.1. The number of halogens is 1. The maximum atomic E-state index is 5.24. The molecule has 0 bridgehead atoms. The van der Waals surface area contributed by atoms with E-state index in [1.54, 1.807) is 17.6 Å². The second-order valence-corrected chi connectivity index (χ2v) is 5.92. The van der Waals surface area contributed by atoms with Gasteiger partial charge in [-0.3, -0.25) is 0 Å².